The number of likely N-dealkylation sites (tertiary alicyclic amines) is 1. The van der Waals surface area contributed by atoms with Crippen molar-refractivity contribution in [2.45, 2.75) is 35.4 Å². The van der Waals surface area contributed by atoms with Gasteiger partial charge in [-0.25, -0.2) is 0 Å². The number of ether oxygens (including phenoxy) is 1. The topological polar surface area (TPSA) is 121 Å². The summed E-state index contributed by atoms with van der Waals surface area (Å²) in [6.07, 6.45) is 1.81. The molecule has 0 radical (unpaired) electrons. The highest BCUT2D eigenvalue weighted by molar-refractivity contribution is 6.53. The minimum atomic E-state index is -2.02. The molecule has 6 unspecified atom stereocenters. The number of hydrogen-bond donors (Lipinski definition) is 1. The lowest BCUT2D eigenvalue weighted by Crippen LogP contribution is -2.60. The SMILES string of the molecule is CCOc1cccc(C2C3=CCC4C(=O)N(c5ccc(C(=O)c6ccccc6)cc5)C(=O)C4C3CC3(Cl)C(=O)N(C)C(=O)C23Cl)c1O. The van der Waals surface area contributed by atoms with E-state index in [9.17, 15) is 29.1 Å². The number of anilines is 1. The van der Waals surface area contributed by atoms with E-state index in [0.717, 1.165) is 9.80 Å². The van der Waals surface area contributed by atoms with E-state index in [4.69, 9.17) is 27.9 Å². The number of ketones is 1. The Morgan fingerprint density at radius 1 is 0.894 bits per heavy atom. The van der Waals surface area contributed by atoms with Crippen molar-refractivity contribution in [3.05, 3.63) is 101 Å². The molecule has 0 spiro atoms. The molecule has 3 aromatic rings. The molecule has 0 bridgehead atoms. The summed E-state index contributed by atoms with van der Waals surface area (Å²) in [5, 5.41) is 11.4. The zero-order chi connectivity index (χ0) is 33.4. The molecular weight excluding hydrogens is 643 g/mol. The van der Waals surface area contributed by atoms with Gasteiger partial charge in [-0.1, -0.05) is 54.1 Å². The van der Waals surface area contributed by atoms with Crippen LogP contribution in [0.1, 0.15) is 47.2 Å². The number of halogens is 2. The molecule has 7 rings (SSSR count). The molecule has 4 amide bonds. The van der Waals surface area contributed by atoms with Gasteiger partial charge in [0.1, 0.15) is 0 Å². The van der Waals surface area contributed by atoms with Gasteiger partial charge in [-0.15, -0.1) is 23.2 Å². The molecule has 2 heterocycles. The Hall–Kier alpha value is -4.47. The Bertz CT molecular complexity index is 1890. The van der Waals surface area contributed by atoms with Gasteiger partial charge < -0.3 is 9.84 Å². The fourth-order valence-corrected chi connectivity index (χ4v) is 8.92. The first-order chi connectivity index (χ1) is 22.5. The van der Waals surface area contributed by atoms with E-state index in [1.165, 1.54) is 7.05 Å². The second kappa shape index (κ2) is 11.1. The summed E-state index contributed by atoms with van der Waals surface area (Å²) in [5.74, 6) is -6.10. The first-order valence-electron chi connectivity index (χ1n) is 15.4. The van der Waals surface area contributed by atoms with Crippen LogP contribution in [-0.2, 0) is 19.2 Å². The van der Waals surface area contributed by atoms with Crippen LogP contribution in [0.15, 0.2) is 84.4 Å². The lowest BCUT2D eigenvalue weighted by molar-refractivity contribution is -0.138. The third kappa shape index (κ3) is 4.25. The number of alkyl halides is 2. The van der Waals surface area contributed by atoms with E-state index < -0.39 is 57.0 Å². The predicted octanol–water partition coefficient (Wildman–Crippen LogP) is 5.22. The van der Waals surface area contributed by atoms with Gasteiger partial charge in [-0.2, -0.15) is 0 Å². The standard InChI is InChI=1S/C36H30Cl2N2O7/c1-3-47-26-11-7-10-24(30(26)42)28-22-16-17-23-27(25(22)18-35(37)33(45)39(2)34(46)36(28,35)38)32(44)40(31(23)43)21-14-12-20(13-15-21)29(41)19-8-5-4-6-9-19/h4-16,23,25,27-28,42H,3,17-18H2,1-2H3. The number of imide groups is 2. The summed E-state index contributed by atoms with van der Waals surface area (Å²) in [6.45, 7) is 2.02. The number of carbonyl (C=O) groups is 5. The fraction of sp³-hybridized carbons (Fsp3) is 0.306. The number of hydrogen-bond acceptors (Lipinski definition) is 7. The summed E-state index contributed by atoms with van der Waals surface area (Å²) in [5.41, 5.74) is 2.02. The van der Waals surface area contributed by atoms with E-state index in [1.54, 1.807) is 79.7 Å². The van der Waals surface area contributed by atoms with Crippen LogP contribution in [0.3, 0.4) is 0 Å². The Kier molecular flexibility index (Phi) is 7.33. The molecule has 9 nitrogen and oxygen atoms in total. The molecule has 0 aromatic heterocycles. The van der Waals surface area contributed by atoms with Crippen LogP contribution in [0.4, 0.5) is 5.69 Å². The Morgan fingerprint density at radius 3 is 2.26 bits per heavy atom. The van der Waals surface area contributed by atoms with Crippen LogP contribution < -0.4 is 9.64 Å². The smallest absolute Gasteiger partial charge is 0.253 e. The number of benzene rings is 3. The molecule has 240 valence electrons. The monoisotopic (exact) mass is 672 g/mol. The average molecular weight is 674 g/mol. The van der Waals surface area contributed by atoms with E-state index >= 15 is 0 Å². The third-order valence-electron chi connectivity index (χ3n) is 10.1. The summed E-state index contributed by atoms with van der Waals surface area (Å²) in [4.78, 5) is 66.7. The molecule has 6 atom stereocenters. The van der Waals surface area contributed by atoms with Crippen molar-refractivity contribution in [3.8, 4) is 11.5 Å². The molecule has 3 fully saturated rings. The molecule has 1 saturated carbocycles. The van der Waals surface area contributed by atoms with Crippen molar-refractivity contribution >= 4 is 58.3 Å². The number of aromatic hydroxyl groups is 1. The van der Waals surface area contributed by atoms with E-state index in [2.05, 4.69) is 0 Å². The minimum absolute atomic E-state index is 0.166. The summed E-state index contributed by atoms with van der Waals surface area (Å²) in [6, 6.07) is 19.9. The van der Waals surface area contributed by atoms with Crippen LogP contribution >= 0.6 is 23.2 Å². The van der Waals surface area contributed by atoms with Crippen LogP contribution in [0, 0.1) is 17.8 Å². The van der Waals surface area contributed by atoms with Crippen molar-refractivity contribution in [2.24, 2.45) is 17.8 Å². The van der Waals surface area contributed by atoms with Crippen LogP contribution in [-0.4, -0.2) is 62.8 Å². The summed E-state index contributed by atoms with van der Waals surface area (Å²) >= 11 is 14.4. The Labute approximate surface area is 280 Å². The number of amides is 4. The molecule has 3 aromatic carbocycles. The van der Waals surface area contributed by atoms with Gasteiger partial charge in [0.05, 0.1) is 24.1 Å². The number of phenolic OH excluding ortho intramolecular Hbond substituents is 1. The van der Waals surface area contributed by atoms with Gasteiger partial charge in [-0.05, 0) is 56.0 Å². The fourth-order valence-electron chi connectivity index (χ4n) is 7.91. The molecule has 4 aliphatic rings. The number of allylic oxidation sites excluding steroid dienone is 2. The lowest BCUT2D eigenvalue weighted by atomic mass is 9.56. The van der Waals surface area contributed by atoms with Crippen molar-refractivity contribution in [1.82, 2.24) is 4.90 Å². The van der Waals surface area contributed by atoms with Gasteiger partial charge in [-0.3, -0.25) is 33.8 Å². The maximum absolute atomic E-state index is 14.3. The number of fused-ring (bicyclic) bond motifs is 4. The number of carbonyl (C=O) groups excluding carboxylic acids is 5. The number of para-hydroxylation sites is 1. The molecule has 11 heteroatoms. The van der Waals surface area contributed by atoms with Gasteiger partial charge in [0.2, 0.25) is 11.8 Å². The van der Waals surface area contributed by atoms with E-state index in [-0.39, 0.29) is 42.3 Å². The highest BCUT2D eigenvalue weighted by atomic mass is 35.5. The van der Waals surface area contributed by atoms with Crippen molar-refractivity contribution in [3.63, 3.8) is 0 Å². The quantitative estimate of drug-likeness (QED) is 0.165. The highest BCUT2D eigenvalue weighted by Gasteiger charge is 2.76. The van der Waals surface area contributed by atoms with Crippen LogP contribution in [0.2, 0.25) is 0 Å². The van der Waals surface area contributed by atoms with Gasteiger partial charge in [0.15, 0.2) is 27.0 Å². The number of phenols is 1. The zero-order valence-electron chi connectivity index (χ0n) is 25.5. The zero-order valence-corrected chi connectivity index (χ0v) is 27.0. The molecule has 2 saturated heterocycles. The third-order valence-corrected chi connectivity index (χ3v) is 11.5. The van der Waals surface area contributed by atoms with Crippen molar-refractivity contribution in [2.75, 3.05) is 18.6 Å². The Balaban J connectivity index is 1.29. The van der Waals surface area contributed by atoms with Gasteiger partial charge in [0, 0.05) is 29.7 Å². The maximum atomic E-state index is 14.3. The molecule has 2 aliphatic heterocycles. The number of nitrogens with zero attached hydrogens (tertiary/aromatic N) is 2. The lowest BCUT2D eigenvalue weighted by Gasteiger charge is -2.50. The minimum Gasteiger partial charge on any atom is -0.504 e. The normalized spacial score (nSPS) is 29.7. The van der Waals surface area contributed by atoms with Crippen molar-refractivity contribution < 1.29 is 33.8 Å². The molecule has 47 heavy (non-hydrogen) atoms. The number of rotatable bonds is 6. The van der Waals surface area contributed by atoms with Crippen LogP contribution in [0.25, 0.3) is 0 Å². The molecule has 2 aliphatic carbocycles. The average Bonchev–Trinajstić information content (AvgIpc) is 3.41. The van der Waals surface area contributed by atoms with Gasteiger partial charge in [0.25, 0.3) is 11.8 Å². The van der Waals surface area contributed by atoms with Crippen LogP contribution in [0.5, 0.6) is 11.5 Å². The largest absolute Gasteiger partial charge is 0.504 e. The van der Waals surface area contributed by atoms with E-state index in [1.807, 2.05) is 6.07 Å². The summed E-state index contributed by atoms with van der Waals surface area (Å²) < 4.78 is 5.62. The predicted molar refractivity (Wildman–Crippen MR) is 174 cm³/mol. The molecular formula is C36H30Cl2N2O7. The van der Waals surface area contributed by atoms with E-state index in [0.29, 0.717) is 22.4 Å². The second-order valence-electron chi connectivity index (χ2n) is 12.4. The molecule has 1 N–H and O–H groups in total. The van der Waals surface area contributed by atoms with Crippen molar-refractivity contribution in [1.29, 1.82) is 0 Å². The van der Waals surface area contributed by atoms with Gasteiger partial charge >= 0.3 is 0 Å². The second-order valence-corrected chi connectivity index (χ2v) is 13.6. The Morgan fingerprint density at radius 2 is 1.57 bits per heavy atom. The first kappa shape index (κ1) is 31.1. The summed E-state index contributed by atoms with van der Waals surface area (Å²) in [7, 11) is 1.31. The maximum Gasteiger partial charge on any atom is 0.253 e. The first-order valence-corrected chi connectivity index (χ1v) is 16.1. The highest BCUT2D eigenvalue weighted by Crippen LogP contribution is 2.66.